The summed E-state index contributed by atoms with van der Waals surface area (Å²) >= 11 is 0. The Hall–Kier alpha value is -0.900. The van der Waals surface area contributed by atoms with Crippen molar-refractivity contribution in [2.45, 2.75) is 26.2 Å². The van der Waals surface area contributed by atoms with E-state index in [4.69, 9.17) is 0 Å². The number of aromatic amines is 1. The van der Waals surface area contributed by atoms with Crippen LogP contribution in [0, 0.1) is 6.92 Å². The third-order valence-electron chi connectivity index (χ3n) is 2.49. The van der Waals surface area contributed by atoms with Crippen molar-refractivity contribution in [3.8, 4) is 0 Å². The van der Waals surface area contributed by atoms with E-state index in [2.05, 4.69) is 20.1 Å². The molecule has 2 rings (SSSR count). The average molecular weight is 180 g/mol. The molecule has 72 valence electrons. The zero-order valence-electron chi connectivity index (χ0n) is 8.08. The molecular formula is C9H16N4. The highest BCUT2D eigenvalue weighted by molar-refractivity contribution is 4.88. The smallest absolute Gasteiger partial charge is 0.151 e. The number of aryl methyl sites for hydroxylation is 1. The van der Waals surface area contributed by atoms with Gasteiger partial charge in [-0.05, 0) is 32.9 Å². The van der Waals surface area contributed by atoms with Gasteiger partial charge in [0.1, 0.15) is 5.82 Å². The van der Waals surface area contributed by atoms with Crippen molar-refractivity contribution in [3.63, 3.8) is 0 Å². The molecule has 0 unspecified atom stereocenters. The zero-order valence-corrected chi connectivity index (χ0v) is 8.08. The predicted molar refractivity (Wildman–Crippen MR) is 50.5 cm³/mol. The number of hydrogen-bond donors (Lipinski definition) is 1. The normalized spacial score (nSPS) is 18.2. The molecule has 1 aliphatic heterocycles. The van der Waals surface area contributed by atoms with Crippen LogP contribution in [0.2, 0.25) is 0 Å². The molecule has 0 atom stereocenters. The quantitative estimate of drug-likeness (QED) is 0.746. The minimum Gasteiger partial charge on any atom is -0.303 e. The van der Waals surface area contributed by atoms with Crippen LogP contribution < -0.4 is 0 Å². The molecule has 1 aromatic heterocycles. The lowest BCUT2D eigenvalue weighted by Crippen LogP contribution is -2.22. The van der Waals surface area contributed by atoms with Crippen LogP contribution in [0.3, 0.4) is 0 Å². The lowest BCUT2D eigenvalue weighted by atomic mass is 10.4. The van der Waals surface area contributed by atoms with Crippen molar-refractivity contribution in [1.29, 1.82) is 0 Å². The highest BCUT2D eigenvalue weighted by Crippen LogP contribution is 2.07. The second kappa shape index (κ2) is 3.87. The molecule has 0 spiro atoms. The molecule has 1 aromatic rings. The lowest BCUT2D eigenvalue weighted by Gasteiger charge is -2.12. The van der Waals surface area contributed by atoms with Gasteiger partial charge in [-0.2, -0.15) is 5.10 Å². The second-order valence-corrected chi connectivity index (χ2v) is 3.64. The van der Waals surface area contributed by atoms with Gasteiger partial charge in [0.2, 0.25) is 0 Å². The van der Waals surface area contributed by atoms with Gasteiger partial charge in [-0.15, -0.1) is 0 Å². The van der Waals surface area contributed by atoms with Gasteiger partial charge in [0, 0.05) is 13.0 Å². The summed E-state index contributed by atoms with van der Waals surface area (Å²) < 4.78 is 0. The number of H-pyrrole nitrogens is 1. The van der Waals surface area contributed by atoms with Crippen LogP contribution in [0.25, 0.3) is 0 Å². The predicted octanol–water partition coefficient (Wildman–Crippen LogP) is 0.751. The minimum absolute atomic E-state index is 0.913. The Morgan fingerprint density at radius 1 is 1.38 bits per heavy atom. The van der Waals surface area contributed by atoms with E-state index in [-0.39, 0.29) is 0 Å². The molecule has 0 bridgehead atoms. The molecule has 4 heteroatoms. The summed E-state index contributed by atoms with van der Waals surface area (Å²) in [5.41, 5.74) is 0. The Morgan fingerprint density at radius 3 is 2.77 bits per heavy atom. The van der Waals surface area contributed by atoms with Gasteiger partial charge in [-0.3, -0.25) is 5.10 Å². The largest absolute Gasteiger partial charge is 0.303 e. The second-order valence-electron chi connectivity index (χ2n) is 3.64. The summed E-state index contributed by atoms with van der Waals surface area (Å²) in [7, 11) is 0. The molecule has 1 saturated heterocycles. The van der Waals surface area contributed by atoms with Gasteiger partial charge >= 0.3 is 0 Å². The van der Waals surface area contributed by atoms with E-state index in [0.717, 1.165) is 24.6 Å². The van der Waals surface area contributed by atoms with Crippen molar-refractivity contribution in [1.82, 2.24) is 20.1 Å². The van der Waals surface area contributed by atoms with E-state index in [9.17, 15) is 0 Å². The Bertz CT molecular complexity index is 262. The summed E-state index contributed by atoms with van der Waals surface area (Å²) in [5, 5.41) is 6.98. The SMILES string of the molecule is Cc1nc(CCN2CCCC2)n[nH]1. The summed E-state index contributed by atoms with van der Waals surface area (Å²) in [6.07, 6.45) is 3.68. The molecule has 4 nitrogen and oxygen atoms in total. The fraction of sp³-hybridized carbons (Fsp3) is 0.778. The molecule has 13 heavy (non-hydrogen) atoms. The number of nitrogens with one attached hydrogen (secondary N) is 1. The minimum atomic E-state index is 0.913. The summed E-state index contributed by atoms with van der Waals surface area (Å²) in [4.78, 5) is 6.76. The lowest BCUT2D eigenvalue weighted by molar-refractivity contribution is 0.341. The van der Waals surface area contributed by atoms with Crippen LogP contribution in [-0.2, 0) is 6.42 Å². The maximum absolute atomic E-state index is 4.28. The highest BCUT2D eigenvalue weighted by atomic mass is 15.2. The maximum atomic E-state index is 4.28. The standard InChI is InChI=1S/C9H16N4/c1-8-10-9(12-11-8)4-7-13-5-2-3-6-13/h2-7H2,1H3,(H,10,11,12). The van der Waals surface area contributed by atoms with Crippen molar-refractivity contribution < 1.29 is 0 Å². The van der Waals surface area contributed by atoms with Gasteiger partial charge < -0.3 is 4.90 Å². The summed E-state index contributed by atoms with van der Waals surface area (Å²) in [5.74, 6) is 1.86. The number of aromatic nitrogens is 3. The zero-order chi connectivity index (χ0) is 9.10. The van der Waals surface area contributed by atoms with Gasteiger partial charge in [-0.1, -0.05) is 0 Å². The number of likely N-dealkylation sites (tertiary alicyclic amines) is 1. The van der Waals surface area contributed by atoms with Crippen LogP contribution >= 0.6 is 0 Å². The van der Waals surface area contributed by atoms with Crippen molar-refractivity contribution >= 4 is 0 Å². The van der Waals surface area contributed by atoms with Crippen molar-refractivity contribution in [2.75, 3.05) is 19.6 Å². The van der Waals surface area contributed by atoms with E-state index in [1.165, 1.54) is 25.9 Å². The highest BCUT2D eigenvalue weighted by Gasteiger charge is 2.11. The monoisotopic (exact) mass is 180 g/mol. The van der Waals surface area contributed by atoms with Gasteiger partial charge in [0.25, 0.3) is 0 Å². The molecule has 0 aromatic carbocycles. The third-order valence-corrected chi connectivity index (χ3v) is 2.49. The van der Waals surface area contributed by atoms with Crippen LogP contribution in [0.15, 0.2) is 0 Å². The van der Waals surface area contributed by atoms with E-state index >= 15 is 0 Å². The molecule has 2 heterocycles. The number of rotatable bonds is 3. The molecule has 1 aliphatic rings. The Balaban J connectivity index is 1.78. The number of hydrogen-bond acceptors (Lipinski definition) is 3. The summed E-state index contributed by atoms with van der Waals surface area (Å²) in [6, 6.07) is 0. The molecule has 1 fully saturated rings. The fourth-order valence-corrected chi connectivity index (χ4v) is 1.77. The first kappa shape index (κ1) is 8.69. The number of nitrogens with zero attached hydrogens (tertiary/aromatic N) is 3. The Morgan fingerprint density at radius 2 is 2.15 bits per heavy atom. The fourth-order valence-electron chi connectivity index (χ4n) is 1.77. The first-order valence-corrected chi connectivity index (χ1v) is 4.95. The van der Waals surface area contributed by atoms with E-state index in [1.807, 2.05) is 6.92 Å². The van der Waals surface area contributed by atoms with Crippen LogP contribution in [-0.4, -0.2) is 39.7 Å². The van der Waals surface area contributed by atoms with Crippen molar-refractivity contribution in [3.05, 3.63) is 11.6 Å². The summed E-state index contributed by atoms with van der Waals surface area (Å²) in [6.45, 7) is 5.55. The van der Waals surface area contributed by atoms with E-state index in [0.29, 0.717) is 0 Å². The van der Waals surface area contributed by atoms with Crippen LogP contribution in [0.1, 0.15) is 24.5 Å². The molecule has 0 amide bonds. The molecular weight excluding hydrogens is 164 g/mol. The first-order chi connectivity index (χ1) is 6.34. The molecule has 0 saturated carbocycles. The molecule has 0 aliphatic carbocycles. The van der Waals surface area contributed by atoms with E-state index in [1.54, 1.807) is 0 Å². The average Bonchev–Trinajstić information content (AvgIpc) is 2.71. The molecule has 0 radical (unpaired) electrons. The Labute approximate surface area is 78.4 Å². The van der Waals surface area contributed by atoms with Crippen LogP contribution in [0.4, 0.5) is 0 Å². The van der Waals surface area contributed by atoms with Gasteiger partial charge in [0.15, 0.2) is 5.82 Å². The first-order valence-electron chi connectivity index (χ1n) is 4.95. The van der Waals surface area contributed by atoms with Gasteiger partial charge in [-0.25, -0.2) is 4.98 Å². The molecule has 1 N–H and O–H groups in total. The van der Waals surface area contributed by atoms with Gasteiger partial charge in [0.05, 0.1) is 0 Å². The Kier molecular flexibility index (Phi) is 2.59. The maximum Gasteiger partial charge on any atom is 0.151 e. The van der Waals surface area contributed by atoms with E-state index < -0.39 is 0 Å². The third kappa shape index (κ3) is 2.28. The topological polar surface area (TPSA) is 44.8 Å². The van der Waals surface area contributed by atoms with Crippen molar-refractivity contribution in [2.24, 2.45) is 0 Å². The van der Waals surface area contributed by atoms with Crippen LogP contribution in [0.5, 0.6) is 0 Å².